The van der Waals surface area contributed by atoms with Gasteiger partial charge in [0, 0.05) is 0 Å². The van der Waals surface area contributed by atoms with Crippen LogP contribution in [0.25, 0.3) is 0 Å². The van der Waals surface area contributed by atoms with Gasteiger partial charge in [0.25, 0.3) is 0 Å². The van der Waals surface area contributed by atoms with Crippen molar-refractivity contribution in [1.82, 2.24) is 4.98 Å². The number of methoxy groups -OCH3 is 1. The molecule has 1 aromatic heterocycles. The molecule has 1 N–H and O–H groups in total. The van der Waals surface area contributed by atoms with E-state index in [1.54, 1.807) is 0 Å². The summed E-state index contributed by atoms with van der Waals surface area (Å²) in [5.41, 5.74) is -1.23. The van der Waals surface area contributed by atoms with E-state index in [1.165, 1.54) is 0 Å². The molecule has 19 heavy (non-hydrogen) atoms. The zero-order valence-electron chi connectivity index (χ0n) is 9.09. The molecular formula is C8H5F3N2O6. The van der Waals surface area contributed by atoms with Gasteiger partial charge in [-0.05, 0) is 9.91 Å². The van der Waals surface area contributed by atoms with Crippen molar-refractivity contribution < 1.29 is 37.5 Å². The average molecular weight is 282 g/mol. The van der Waals surface area contributed by atoms with Crippen LogP contribution >= 0.6 is 0 Å². The second-order valence-corrected chi connectivity index (χ2v) is 2.97. The fourth-order valence-corrected chi connectivity index (χ4v) is 1.12. The number of carbonyl (C=O) groups excluding carboxylic acids is 1. The van der Waals surface area contributed by atoms with E-state index in [0.717, 1.165) is 7.11 Å². The highest BCUT2D eigenvalue weighted by molar-refractivity contribution is 5.97. The zero-order chi connectivity index (χ0) is 14.8. The minimum atomic E-state index is -5.27. The second kappa shape index (κ2) is 4.96. The van der Waals surface area contributed by atoms with E-state index in [-0.39, 0.29) is 0 Å². The Kier molecular flexibility index (Phi) is 3.77. The number of halogens is 3. The number of alkyl halides is 3. The SMILES string of the molecule is COC(=O)c1c([N+](=O)[O-])ncc(O)c1OC(F)(F)F. The third-order valence-electron chi connectivity index (χ3n) is 1.77. The molecule has 8 nitrogen and oxygen atoms in total. The number of nitro groups is 1. The predicted molar refractivity (Wildman–Crippen MR) is 50.6 cm³/mol. The van der Waals surface area contributed by atoms with E-state index < -0.39 is 40.1 Å². The minimum Gasteiger partial charge on any atom is -0.502 e. The van der Waals surface area contributed by atoms with Crippen LogP contribution in [0.15, 0.2) is 6.20 Å². The third-order valence-corrected chi connectivity index (χ3v) is 1.77. The van der Waals surface area contributed by atoms with Gasteiger partial charge in [-0.15, -0.1) is 13.2 Å². The monoisotopic (exact) mass is 282 g/mol. The van der Waals surface area contributed by atoms with Gasteiger partial charge in [-0.2, -0.15) is 0 Å². The molecule has 1 rings (SSSR count). The molecule has 0 aliphatic carbocycles. The van der Waals surface area contributed by atoms with Gasteiger partial charge in [0.1, 0.15) is 0 Å². The van der Waals surface area contributed by atoms with Crippen molar-refractivity contribution in [2.45, 2.75) is 6.36 Å². The largest absolute Gasteiger partial charge is 0.573 e. The van der Waals surface area contributed by atoms with Crippen LogP contribution in [-0.2, 0) is 4.74 Å². The maximum atomic E-state index is 12.1. The van der Waals surface area contributed by atoms with Crippen LogP contribution in [0.5, 0.6) is 11.5 Å². The number of carbonyl (C=O) groups is 1. The number of hydrogen-bond donors (Lipinski definition) is 1. The van der Waals surface area contributed by atoms with Gasteiger partial charge in [0.2, 0.25) is 11.3 Å². The second-order valence-electron chi connectivity index (χ2n) is 2.97. The quantitative estimate of drug-likeness (QED) is 0.506. The molecule has 1 aromatic rings. The Labute approximate surface area is 102 Å². The highest BCUT2D eigenvalue weighted by Crippen LogP contribution is 2.38. The van der Waals surface area contributed by atoms with Gasteiger partial charge < -0.3 is 24.7 Å². The lowest BCUT2D eigenvalue weighted by molar-refractivity contribution is -0.390. The smallest absolute Gasteiger partial charge is 0.502 e. The Hall–Kier alpha value is -2.59. The molecule has 0 atom stereocenters. The lowest BCUT2D eigenvalue weighted by Crippen LogP contribution is -2.20. The van der Waals surface area contributed by atoms with Gasteiger partial charge in [0.05, 0.1) is 7.11 Å². The number of ether oxygens (including phenoxy) is 2. The van der Waals surface area contributed by atoms with E-state index in [9.17, 15) is 33.2 Å². The van der Waals surface area contributed by atoms with Crippen molar-refractivity contribution >= 4 is 11.8 Å². The maximum Gasteiger partial charge on any atom is 0.573 e. The summed E-state index contributed by atoms with van der Waals surface area (Å²) >= 11 is 0. The highest BCUT2D eigenvalue weighted by Gasteiger charge is 2.39. The Morgan fingerprint density at radius 3 is 2.53 bits per heavy atom. The molecule has 0 saturated heterocycles. The van der Waals surface area contributed by atoms with Crippen LogP contribution in [0.1, 0.15) is 10.4 Å². The molecular weight excluding hydrogens is 277 g/mol. The van der Waals surface area contributed by atoms with Crippen LogP contribution in [-0.4, -0.2) is 34.5 Å². The first kappa shape index (κ1) is 14.5. The molecule has 0 amide bonds. The van der Waals surface area contributed by atoms with Crippen LogP contribution in [0.2, 0.25) is 0 Å². The summed E-state index contributed by atoms with van der Waals surface area (Å²) in [6, 6.07) is 0. The van der Waals surface area contributed by atoms with Crippen molar-refractivity contribution in [2.75, 3.05) is 7.11 Å². The molecule has 0 fully saturated rings. The first-order valence-corrected chi connectivity index (χ1v) is 4.37. The molecule has 0 radical (unpaired) electrons. The van der Waals surface area contributed by atoms with Gasteiger partial charge in [-0.3, -0.25) is 0 Å². The number of hydrogen-bond acceptors (Lipinski definition) is 7. The third kappa shape index (κ3) is 3.20. The number of pyridine rings is 1. The summed E-state index contributed by atoms with van der Waals surface area (Å²) in [5.74, 6) is -5.37. The average Bonchev–Trinajstić information content (AvgIpc) is 2.28. The summed E-state index contributed by atoms with van der Waals surface area (Å²) < 4.78 is 43.9. The topological polar surface area (TPSA) is 112 Å². The van der Waals surface area contributed by atoms with Gasteiger partial charge >= 0.3 is 18.1 Å². The number of rotatable bonds is 3. The van der Waals surface area contributed by atoms with Gasteiger partial charge in [0.15, 0.2) is 11.9 Å². The Bertz CT molecular complexity index is 530. The summed E-state index contributed by atoms with van der Waals surface area (Å²) in [5, 5.41) is 19.8. The Balaban J connectivity index is 3.53. The highest BCUT2D eigenvalue weighted by atomic mass is 19.4. The van der Waals surface area contributed by atoms with E-state index in [2.05, 4.69) is 14.5 Å². The summed E-state index contributed by atoms with van der Waals surface area (Å²) in [6.45, 7) is 0. The molecule has 104 valence electrons. The summed E-state index contributed by atoms with van der Waals surface area (Å²) in [4.78, 5) is 23.7. The molecule has 0 aliphatic heterocycles. The van der Waals surface area contributed by atoms with E-state index >= 15 is 0 Å². The molecule has 0 aromatic carbocycles. The van der Waals surface area contributed by atoms with E-state index in [4.69, 9.17) is 0 Å². The first-order chi connectivity index (χ1) is 8.67. The standard InChI is InChI=1S/C8H5F3N2O6/c1-18-7(15)4-5(19-8(9,10)11)3(14)2-12-6(4)13(16)17/h2,14H,1H3. The molecule has 0 saturated carbocycles. The lowest BCUT2D eigenvalue weighted by Gasteiger charge is -2.12. The number of nitrogens with zero attached hydrogens (tertiary/aromatic N) is 2. The molecule has 0 bridgehead atoms. The number of esters is 1. The number of aromatic nitrogens is 1. The van der Waals surface area contributed by atoms with E-state index in [0.29, 0.717) is 6.20 Å². The lowest BCUT2D eigenvalue weighted by atomic mass is 10.2. The molecule has 1 heterocycles. The van der Waals surface area contributed by atoms with Crippen molar-refractivity contribution in [3.8, 4) is 11.5 Å². The van der Waals surface area contributed by atoms with Gasteiger partial charge in [-0.1, -0.05) is 0 Å². The summed E-state index contributed by atoms with van der Waals surface area (Å²) in [6.07, 6.45) is -4.92. The zero-order valence-corrected chi connectivity index (χ0v) is 9.09. The Morgan fingerprint density at radius 1 is 1.53 bits per heavy atom. The molecule has 0 unspecified atom stereocenters. The molecule has 11 heteroatoms. The summed E-state index contributed by atoms with van der Waals surface area (Å²) in [7, 11) is 0.785. The first-order valence-electron chi connectivity index (χ1n) is 4.37. The van der Waals surface area contributed by atoms with E-state index in [1.807, 2.05) is 0 Å². The Morgan fingerprint density at radius 2 is 2.11 bits per heavy atom. The van der Waals surface area contributed by atoms with Crippen LogP contribution < -0.4 is 4.74 Å². The van der Waals surface area contributed by atoms with Crippen molar-refractivity contribution in [3.63, 3.8) is 0 Å². The number of aromatic hydroxyl groups is 1. The van der Waals surface area contributed by atoms with Crippen LogP contribution in [0.4, 0.5) is 19.0 Å². The fraction of sp³-hybridized carbons (Fsp3) is 0.250. The molecule has 0 spiro atoms. The normalized spacial score (nSPS) is 10.9. The predicted octanol–water partition coefficient (Wildman–Crippen LogP) is 1.38. The molecule has 0 aliphatic rings. The maximum absolute atomic E-state index is 12.1. The van der Waals surface area contributed by atoms with Crippen LogP contribution in [0, 0.1) is 10.1 Å². The minimum absolute atomic E-state index is 0.353. The van der Waals surface area contributed by atoms with Crippen molar-refractivity contribution in [1.29, 1.82) is 0 Å². The fourth-order valence-electron chi connectivity index (χ4n) is 1.12. The van der Waals surface area contributed by atoms with Crippen molar-refractivity contribution in [3.05, 3.63) is 21.9 Å². The van der Waals surface area contributed by atoms with Crippen molar-refractivity contribution in [2.24, 2.45) is 0 Å². The van der Waals surface area contributed by atoms with Crippen LogP contribution in [0.3, 0.4) is 0 Å². The van der Waals surface area contributed by atoms with Gasteiger partial charge in [-0.25, -0.2) is 4.79 Å².